The summed E-state index contributed by atoms with van der Waals surface area (Å²) in [5.41, 5.74) is 0.437. The highest BCUT2D eigenvalue weighted by Gasteiger charge is 2.10. The number of rotatable bonds is 3. The molecule has 0 aliphatic rings. The fraction of sp³-hybridized carbons (Fsp3) is 0.0769. The molecule has 0 amide bonds. The van der Waals surface area contributed by atoms with Crippen LogP contribution in [0.15, 0.2) is 54.6 Å². The third-order valence-electron chi connectivity index (χ3n) is 2.11. The molecule has 0 saturated heterocycles. The largest absolute Gasteiger partial charge is 0.456 e. The zero-order chi connectivity index (χ0) is 11.4. The standard InChI is InChI=1S/C13H10F2O/c14-11-6-8-12(9-7-11)16-13(15)10-4-2-1-3-5-10/h1-9,13H. The fourth-order valence-electron chi connectivity index (χ4n) is 1.31. The Hall–Kier alpha value is -1.90. The summed E-state index contributed by atoms with van der Waals surface area (Å²) in [6.45, 7) is 0. The van der Waals surface area contributed by atoms with Crippen LogP contribution in [0.3, 0.4) is 0 Å². The predicted molar refractivity (Wildman–Crippen MR) is 57.3 cm³/mol. The van der Waals surface area contributed by atoms with Crippen molar-refractivity contribution in [3.05, 3.63) is 66.0 Å². The normalized spacial score (nSPS) is 12.1. The summed E-state index contributed by atoms with van der Waals surface area (Å²) < 4.78 is 31.2. The van der Waals surface area contributed by atoms with Crippen molar-refractivity contribution < 1.29 is 13.5 Å². The summed E-state index contributed by atoms with van der Waals surface area (Å²) in [6.07, 6.45) is -1.54. The van der Waals surface area contributed by atoms with E-state index < -0.39 is 6.36 Å². The smallest absolute Gasteiger partial charge is 0.264 e. The van der Waals surface area contributed by atoms with E-state index in [0.717, 1.165) is 0 Å². The highest BCUT2D eigenvalue weighted by Crippen LogP contribution is 2.22. The Kier molecular flexibility index (Phi) is 3.15. The molecule has 2 aromatic rings. The van der Waals surface area contributed by atoms with Crippen molar-refractivity contribution in [1.82, 2.24) is 0 Å². The van der Waals surface area contributed by atoms with Crippen LogP contribution in [0.25, 0.3) is 0 Å². The molecule has 1 nitrogen and oxygen atoms in total. The van der Waals surface area contributed by atoms with Crippen molar-refractivity contribution in [2.75, 3.05) is 0 Å². The predicted octanol–water partition coefficient (Wildman–Crippen LogP) is 3.87. The number of halogens is 2. The lowest BCUT2D eigenvalue weighted by Crippen LogP contribution is -2.01. The van der Waals surface area contributed by atoms with Gasteiger partial charge in [-0.15, -0.1) is 0 Å². The van der Waals surface area contributed by atoms with Gasteiger partial charge in [0, 0.05) is 5.56 Å². The summed E-state index contributed by atoms with van der Waals surface area (Å²) in [7, 11) is 0. The average molecular weight is 220 g/mol. The number of alkyl halides is 1. The maximum absolute atomic E-state index is 13.6. The van der Waals surface area contributed by atoms with Gasteiger partial charge in [0.25, 0.3) is 6.36 Å². The van der Waals surface area contributed by atoms with Crippen LogP contribution in [0.1, 0.15) is 11.9 Å². The zero-order valence-electron chi connectivity index (χ0n) is 8.44. The van der Waals surface area contributed by atoms with Crippen molar-refractivity contribution in [2.45, 2.75) is 6.36 Å². The molecule has 1 unspecified atom stereocenters. The third kappa shape index (κ3) is 2.57. The second kappa shape index (κ2) is 4.75. The second-order valence-electron chi connectivity index (χ2n) is 3.30. The van der Waals surface area contributed by atoms with Crippen molar-refractivity contribution in [2.24, 2.45) is 0 Å². The summed E-state index contributed by atoms with van der Waals surface area (Å²) in [4.78, 5) is 0. The van der Waals surface area contributed by atoms with Gasteiger partial charge in [0.05, 0.1) is 0 Å². The molecule has 2 rings (SSSR count). The Bertz CT molecular complexity index is 439. The van der Waals surface area contributed by atoms with Crippen LogP contribution >= 0.6 is 0 Å². The zero-order valence-corrected chi connectivity index (χ0v) is 8.44. The first-order chi connectivity index (χ1) is 7.75. The minimum atomic E-state index is -1.54. The molecule has 1 atom stereocenters. The Morgan fingerprint density at radius 1 is 0.875 bits per heavy atom. The lowest BCUT2D eigenvalue weighted by molar-refractivity contribution is 0.0671. The molecule has 0 N–H and O–H groups in total. The van der Waals surface area contributed by atoms with Gasteiger partial charge in [-0.1, -0.05) is 30.3 Å². The molecule has 0 heterocycles. The topological polar surface area (TPSA) is 9.23 Å². The lowest BCUT2D eigenvalue weighted by atomic mass is 10.2. The van der Waals surface area contributed by atoms with E-state index in [4.69, 9.17) is 4.74 Å². The van der Waals surface area contributed by atoms with Gasteiger partial charge in [0.1, 0.15) is 11.6 Å². The van der Waals surface area contributed by atoms with Gasteiger partial charge in [-0.2, -0.15) is 4.39 Å². The van der Waals surface area contributed by atoms with Gasteiger partial charge in [-0.3, -0.25) is 0 Å². The van der Waals surface area contributed by atoms with E-state index in [-0.39, 0.29) is 5.82 Å². The van der Waals surface area contributed by atoms with Gasteiger partial charge in [-0.25, -0.2) is 4.39 Å². The van der Waals surface area contributed by atoms with Gasteiger partial charge < -0.3 is 4.74 Å². The molecule has 0 aliphatic carbocycles. The lowest BCUT2D eigenvalue weighted by Gasteiger charge is -2.11. The molecule has 16 heavy (non-hydrogen) atoms. The van der Waals surface area contributed by atoms with Crippen LogP contribution in [0.4, 0.5) is 8.78 Å². The Balaban J connectivity index is 2.08. The Morgan fingerprint density at radius 3 is 2.12 bits per heavy atom. The van der Waals surface area contributed by atoms with Gasteiger partial charge >= 0.3 is 0 Å². The Morgan fingerprint density at radius 2 is 1.50 bits per heavy atom. The van der Waals surface area contributed by atoms with Crippen LogP contribution in [0.2, 0.25) is 0 Å². The summed E-state index contributed by atoms with van der Waals surface area (Å²) >= 11 is 0. The molecule has 0 fully saturated rings. The van der Waals surface area contributed by atoms with Gasteiger partial charge in [0.15, 0.2) is 0 Å². The van der Waals surface area contributed by atoms with Crippen LogP contribution in [-0.2, 0) is 0 Å². The first-order valence-electron chi connectivity index (χ1n) is 4.87. The third-order valence-corrected chi connectivity index (χ3v) is 2.11. The maximum Gasteiger partial charge on any atom is 0.264 e. The number of ether oxygens (including phenoxy) is 1. The van der Waals surface area contributed by atoms with Crippen molar-refractivity contribution in [3.63, 3.8) is 0 Å². The van der Waals surface area contributed by atoms with Crippen LogP contribution in [-0.4, -0.2) is 0 Å². The first kappa shape index (κ1) is 10.6. The molecule has 0 bridgehead atoms. The molecule has 0 spiro atoms. The minimum absolute atomic E-state index is 0.303. The highest BCUT2D eigenvalue weighted by molar-refractivity contribution is 5.24. The van der Waals surface area contributed by atoms with E-state index >= 15 is 0 Å². The number of hydrogen-bond donors (Lipinski definition) is 0. The van der Waals surface area contributed by atoms with Gasteiger partial charge in [-0.05, 0) is 24.3 Å². The van der Waals surface area contributed by atoms with E-state index in [9.17, 15) is 8.78 Å². The van der Waals surface area contributed by atoms with Crippen LogP contribution < -0.4 is 4.74 Å². The second-order valence-corrected chi connectivity index (χ2v) is 3.30. The highest BCUT2D eigenvalue weighted by atomic mass is 19.1. The quantitative estimate of drug-likeness (QED) is 0.762. The Labute approximate surface area is 92.3 Å². The van der Waals surface area contributed by atoms with E-state index in [2.05, 4.69) is 0 Å². The van der Waals surface area contributed by atoms with E-state index in [1.165, 1.54) is 24.3 Å². The molecule has 0 saturated carbocycles. The molecule has 0 aliphatic heterocycles. The van der Waals surface area contributed by atoms with E-state index in [1.54, 1.807) is 30.3 Å². The van der Waals surface area contributed by atoms with Gasteiger partial charge in [0.2, 0.25) is 0 Å². The van der Waals surface area contributed by atoms with Crippen molar-refractivity contribution >= 4 is 0 Å². The maximum atomic E-state index is 13.6. The number of hydrogen-bond acceptors (Lipinski definition) is 1. The molecule has 0 radical (unpaired) electrons. The van der Waals surface area contributed by atoms with Crippen LogP contribution in [0.5, 0.6) is 5.75 Å². The van der Waals surface area contributed by atoms with Crippen molar-refractivity contribution in [3.8, 4) is 5.75 Å². The molecule has 3 heteroatoms. The summed E-state index contributed by atoms with van der Waals surface area (Å²) in [5, 5.41) is 0. The van der Waals surface area contributed by atoms with Crippen molar-refractivity contribution in [1.29, 1.82) is 0 Å². The molecule has 0 aromatic heterocycles. The molecular weight excluding hydrogens is 210 g/mol. The minimum Gasteiger partial charge on any atom is -0.456 e. The summed E-state index contributed by atoms with van der Waals surface area (Å²) in [6, 6.07) is 13.8. The fourth-order valence-corrected chi connectivity index (χ4v) is 1.31. The van der Waals surface area contributed by atoms with E-state index in [0.29, 0.717) is 11.3 Å². The average Bonchev–Trinajstić information content (AvgIpc) is 2.33. The molecule has 82 valence electrons. The monoisotopic (exact) mass is 220 g/mol. The molecular formula is C13H10F2O. The SMILES string of the molecule is Fc1ccc(OC(F)c2ccccc2)cc1. The van der Waals surface area contributed by atoms with E-state index in [1.807, 2.05) is 0 Å². The number of benzene rings is 2. The summed E-state index contributed by atoms with van der Waals surface area (Å²) in [5.74, 6) is -0.0692. The van der Waals surface area contributed by atoms with Crippen LogP contribution in [0, 0.1) is 5.82 Å². The first-order valence-corrected chi connectivity index (χ1v) is 4.87. The molecule has 2 aromatic carbocycles.